The first-order chi connectivity index (χ1) is 17.5. The molecule has 1 fully saturated rings. The number of amides is 4. The molecule has 0 aliphatic carbocycles. The van der Waals surface area contributed by atoms with Crippen molar-refractivity contribution in [3.8, 4) is 0 Å². The monoisotopic (exact) mass is 467 g/mol. The highest BCUT2D eigenvalue weighted by atomic mass is 35.5. The smallest absolute Gasteiger partial charge is 0.346 e. The van der Waals surface area contributed by atoms with Crippen molar-refractivity contribution in [2.45, 2.75) is 37.8 Å². The lowest BCUT2D eigenvalue weighted by molar-refractivity contribution is -0.147. The number of carbonyl (C=O) groups excluding carboxylic acids is 4. The largest absolute Gasteiger partial charge is 0.349 e. The Labute approximate surface area is 195 Å². The summed E-state index contributed by atoms with van der Waals surface area (Å²) in [5.74, 6) is -9.59. The summed E-state index contributed by atoms with van der Waals surface area (Å²) in [6.07, 6.45) is -3.31. The number of carbonyl (C=O) groups is 4. The molecule has 4 rings (SSSR count). The van der Waals surface area contributed by atoms with Crippen LogP contribution in [0.15, 0.2) is 42.5 Å². The van der Waals surface area contributed by atoms with Gasteiger partial charge in [0.05, 0.1) is 2.74 Å². The highest BCUT2D eigenvalue weighted by Gasteiger charge is 2.41. The molecule has 1 unspecified atom stereocenters. The van der Waals surface area contributed by atoms with Crippen LogP contribution in [-0.4, -0.2) is 34.6 Å². The van der Waals surface area contributed by atoms with Crippen molar-refractivity contribution >= 4 is 35.2 Å². The first kappa shape index (κ1) is 15.5. The van der Waals surface area contributed by atoms with Crippen LogP contribution in [0.25, 0.3) is 0 Å². The van der Waals surface area contributed by atoms with E-state index in [1.165, 1.54) is 0 Å². The van der Waals surface area contributed by atoms with E-state index >= 15 is 0 Å². The van der Waals surface area contributed by atoms with Crippen molar-refractivity contribution in [2.75, 3.05) is 0 Å². The van der Waals surface area contributed by atoms with Gasteiger partial charge < -0.3 is 10.2 Å². The molecule has 2 aliphatic heterocycles. The Bertz CT molecular complexity index is 1360. The number of nitrogens with zero attached hydrogens (tertiary/aromatic N) is 1. The highest BCUT2D eigenvalue weighted by molar-refractivity contribution is 6.30. The molecule has 1 saturated heterocycles. The van der Waals surface area contributed by atoms with Gasteiger partial charge in [0.2, 0.25) is 11.8 Å². The quantitative estimate of drug-likeness (QED) is 0.660. The van der Waals surface area contributed by atoms with Crippen LogP contribution in [0, 0.1) is 0 Å². The second-order valence-electron chi connectivity index (χ2n) is 7.04. The summed E-state index contributed by atoms with van der Waals surface area (Å²) in [6.45, 7) is -3.53. The Kier molecular flexibility index (Phi) is 4.02. The minimum Gasteiger partial charge on any atom is -0.346 e. The molecule has 0 radical (unpaired) electrons. The van der Waals surface area contributed by atoms with E-state index in [9.17, 15) is 28.0 Å². The molecule has 7 nitrogen and oxygen atoms in total. The third-order valence-corrected chi connectivity index (χ3v) is 5.18. The first-order valence-electron chi connectivity index (χ1n) is 12.2. The van der Waals surface area contributed by atoms with E-state index in [-0.39, 0.29) is 21.5 Å². The van der Waals surface area contributed by atoms with Crippen molar-refractivity contribution in [1.82, 2.24) is 15.5 Å². The molecule has 0 aromatic heterocycles. The van der Waals surface area contributed by atoms with E-state index in [0.717, 1.165) is 47.4 Å². The Morgan fingerprint density at radius 3 is 2.75 bits per heavy atom. The summed E-state index contributed by atoms with van der Waals surface area (Å²) >= 11 is 5.68. The molecule has 1 atom stereocenters. The Morgan fingerprint density at radius 1 is 1.31 bits per heavy atom. The zero-order chi connectivity index (χ0) is 28.4. The predicted octanol–water partition coefficient (Wildman–Crippen LogP) is 2.51. The van der Waals surface area contributed by atoms with Gasteiger partial charge >= 0.3 is 5.92 Å². The molecule has 2 heterocycles. The SMILES string of the molecule is [2H]N1C(=O)CC([2H])([2H])C(N2Cc3cc(C([2H])([2H])N([2H])C(=O)C(F)(F)c4ccc(Cl)cc4)ccc3C2=O)C1=O. The van der Waals surface area contributed by atoms with E-state index in [4.69, 9.17) is 19.9 Å². The Balaban J connectivity index is 1.62. The van der Waals surface area contributed by atoms with Gasteiger partial charge in [0, 0.05) is 38.4 Å². The zero-order valence-electron chi connectivity index (χ0n) is 22.1. The van der Waals surface area contributed by atoms with Gasteiger partial charge in [0.25, 0.3) is 11.8 Å². The maximum atomic E-state index is 14.8. The van der Waals surface area contributed by atoms with Gasteiger partial charge in [-0.2, -0.15) is 8.78 Å². The Hall–Kier alpha value is -3.33. The number of hydrogen-bond donors (Lipinski definition) is 2. The van der Waals surface area contributed by atoms with Crippen LogP contribution >= 0.6 is 11.6 Å². The topological polar surface area (TPSA) is 95.6 Å². The van der Waals surface area contributed by atoms with Gasteiger partial charge in [0.15, 0.2) is 2.82 Å². The van der Waals surface area contributed by atoms with Crippen LogP contribution in [0.4, 0.5) is 8.78 Å². The van der Waals surface area contributed by atoms with Crippen molar-refractivity contribution in [3.05, 3.63) is 69.7 Å². The number of hydrogen-bond acceptors (Lipinski definition) is 4. The maximum Gasteiger partial charge on any atom is 0.349 e. The number of imide groups is 1. The van der Waals surface area contributed by atoms with Gasteiger partial charge in [0.1, 0.15) is 6.04 Å². The molecule has 0 saturated carbocycles. The average molecular weight is 468 g/mol. The average Bonchev–Trinajstić information content (AvgIpc) is 3.16. The third-order valence-electron chi connectivity index (χ3n) is 4.93. The number of halogens is 3. The van der Waals surface area contributed by atoms with Crippen molar-refractivity contribution in [1.29, 1.82) is 0 Å². The lowest BCUT2D eigenvalue weighted by Crippen LogP contribution is -2.52. The van der Waals surface area contributed by atoms with Crippen LogP contribution in [0.2, 0.25) is 7.85 Å². The van der Waals surface area contributed by atoms with Gasteiger partial charge in [-0.15, -0.1) is 0 Å². The zero-order valence-corrected chi connectivity index (χ0v) is 16.9. The van der Waals surface area contributed by atoms with Crippen molar-refractivity contribution < 1.29 is 36.3 Å². The summed E-state index contributed by atoms with van der Waals surface area (Å²) in [6, 6.07) is 5.31. The molecule has 0 spiro atoms. The standard InChI is InChI=1S/C22H18ClF2N3O4/c23-15-4-2-14(3-5-15)22(24,25)21(32)26-10-12-1-6-16-13(9-12)11-28(20(16)31)17-7-8-18(29)27-19(17)30/h1-6,9,17H,7-8,10-11H2,(H,26,32)(H,27,29,30)/i7D2,10D2/hD2. The number of piperidine rings is 1. The van der Waals surface area contributed by atoms with Crippen LogP contribution in [0.5, 0.6) is 0 Å². The molecule has 10 heteroatoms. The third kappa shape index (κ3) is 4.08. The molecular formula is C22H18ClF2N3O4. The summed E-state index contributed by atoms with van der Waals surface area (Å²) in [4.78, 5) is 50.6. The fourth-order valence-corrected chi connectivity index (χ4v) is 3.45. The number of benzene rings is 2. The molecule has 166 valence electrons. The lowest BCUT2D eigenvalue weighted by atomic mass is 10.0. The van der Waals surface area contributed by atoms with E-state index in [2.05, 4.69) is 0 Å². The van der Waals surface area contributed by atoms with Crippen LogP contribution in [0.1, 0.15) is 45.3 Å². The van der Waals surface area contributed by atoms with Crippen LogP contribution < -0.4 is 10.6 Å². The number of nitrogens with one attached hydrogen (secondary N) is 2. The van der Waals surface area contributed by atoms with E-state index in [1.807, 2.05) is 0 Å². The van der Waals surface area contributed by atoms with E-state index in [0.29, 0.717) is 0 Å². The minimum absolute atomic E-state index is 0.0171. The van der Waals surface area contributed by atoms with E-state index < -0.39 is 77.9 Å². The lowest BCUT2D eigenvalue weighted by Gasteiger charge is -2.29. The van der Waals surface area contributed by atoms with Crippen molar-refractivity contribution in [3.63, 3.8) is 0 Å². The van der Waals surface area contributed by atoms with Crippen LogP contribution in [0.3, 0.4) is 0 Å². The van der Waals surface area contributed by atoms with Gasteiger partial charge in [-0.05, 0) is 35.7 Å². The maximum absolute atomic E-state index is 14.8. The fraction of sp³-hybridized carbons (Fsp3) is 0.273. The molecule has 2 aromatic carbocycles. The summed E-state index contributed by atoms with van der Waals surface area (Å²) < 4.78 is 77.7. The molecule has 4 amide bonds. The first-order valence-corrected chi connectivity index (χ1v) is 9.65. The molecule has 2 N–H and O–H groups in total. The summed E-state index contributed by atoms with van der Waals surface area (Å²) in [7, 11) is 0. The number of fused-ring (bicyclic) bond motifs is 1. The molecular weight excluding hydrogens is 444 g/mol. The van der Waals surface area contributed by atoms with Gasteiger partial charge in [-0.1, -0.05) is 35.9 Å². The second-order valence-corrected chi connectivity index (χ2v) is 7.48. The molecule has 2 aliphatic rings. The number of rotatable bonds is 5. The highest BCUT2D eigenvalue weighted by Crippen LogP contribution is 2.30. The molecule has 32 heavy (non-hydrogen) atoms. The van der Waals surface area contributed by atoms with E-state index in [1.54, 1.807) is 0 Å². The Morgan fingerprint density at radius 2 is 2.03 bits per heavy atom. The normalized spacial score (nSPS) is 23.5. The van der Waals surface area contributed by atoms with Gasteiger partial charge in [-0.3, -0.25) is 24.5 Å². The van der Waals surface area contributed by atoms with Crippen LogP contribution in [-0.2, 0) is 33.3 Å². The van der Waals surface area contributed by atoms with Crippen molar-refractivity contribution in [2.24, 2.45) is 0 Å². The fourth-order valence-electron chi connectivity index (χ4n) is 3.33. The number of alkyl halides is 2. The summed E-state index contributed by atoms with van der Waals surface area (Å²) in [5, 5.41) is -0.400. The molecule has 0 bridgehead atoms. The second kappa shape index (κ2) is 8.31. The summed E-state index contributed by atoms with van der Waals surface area (Å²) in [5.41, 5.74) is -1.23. The van der Waals surface area contributed by atoms with Gasteiger partial charge in [-0.25, -0.2) is 0 Å². The molecule has 2 aromatic rings. The minimum atomic E-state index is -4.27. The predicted molar refractivity (Wildman–Crippen MR) is 110 cm³/mol.